The van der Waals surface area contributed by atoms with Crippen molar-refractivity contribution in [3.63, 3.8) is 0 Å². The van der Waals surface area contributed by atoms with E-state index in [9.17, 15) is 9.59 Å². The Kier molecular flexibility index (Phi) is 7.44. The first-order chi connectivity index (χ1) is 14.7. The standard InChI is InChI=1S/C24H24N2O4/c1-29-20-14-12-19(13-15-20)24(18-8-4-2-5-9-18)26-22(27)16-25-23(28)17-30-21-10-6-3-7-11-21/h2-15,24H,16-17H2,1H3,(H,25,28)(H,26,27). The number of rotatable bonds is 9. The number of carbonyl (C=O) groups excluding carboxylic acids is 2. The highest BCUT2D eigenvalue weighted by Crippen LogP contribution is 2.24. The van der Waals surface area contributed by atoms with Crippen LogP contribution in [0.2, 0.25) is 0 Å². The number of ether oxygens (including phenoxy) is 2. The van der Waals surface area contributed by atoms with Crippen molar-refractivity contribution in [1.29, 1.82) is 0 Å². The van der Waals surface area contributed by atoms with Crippen LogP contribution in [0.4, 0.5) is 0 Å². The van der Waals surface area contributed by atoms with Gasteiger partial charge in [-0.05, 0) is 35.4 Å². The highest BCUT2D eigenvalue weighted by molar-refractivity contribution is 5.85. The zero-order valence-electron chi connectivity index (χ0n) is 16.7. The number of nitrogens with one attached hydrogen (secondary N) is 2. The molecule has 0 aliphatic heterocycles. The number of benzene rings is 3. The van der Waals surface area contributed by atoms with E-state index < -0.39 is 0 Å². The molecular weight excluding hydrogens is 380 g/mol. The van der Waals surface area contributed by atoms with Crippen LogP contribution in [0, 0.1) is 0 Å². The summed E-state index contributed by atoms with van der Waals surface area (Å²) in [6.45, 7) is -0.297. The van der Waals surface area contributed by atoms with Crippen LogP contribution in [-0.2, 0) is 9.59 Å². The molecule has 0 fully saturated rings. The van der Waals surface area contributed by atoms with Gasteiger partial charge in [-0.15, -0.1) is 0 Å². The molecule has 6 heteroatoms. The number of methoxy groups -OCH3 is 1. The number of para-hydroxylation sites is 1. The van der Waals surface area contributed by atoms with Gasteiger partial charge in [0.05, 0.1) is 19.7 Å². The van der Waals surface area contributed by atoms with Crippen molar-refractivity contribution in [2.45, 2.75) is 6.04 Å². The maximum absolute atomic E-state index is 12.5. The molecule has 30 heavy (non-hydrogen) atoms. The Morgan fingerprint density at radius 2 is 1.37 bits per heavy atom. The van der Waals surface area contributed by atoms with Crippen molar-refractivity contribution < 1.29 is 19.1 Å². The Morgan fingerprint density at radius 1 is 0.767 bits per heavy atom. The molecule has 1 unspecified atom stereocenters. The zero-order valence-corrected chi connectivity index (χ0v) is 16.7. The quantitative estimate of drug-likeness (QED) is 0.575. The van der Waals surface area contributed by atoms with Crippen molar-refractivity contribution in [2.75, 3.05) is 20.3 Å². The van der Waals surface area contributed by atoms with Crippen LogP contribution < -0.4 is 20.1 Å². The number of carbonyl (C=O) groups is 2. The molecule has 2 N–H and O–H groups in total. The third-order valence-corrected chi connectivity index (χ3v) is 4.45. The second-order valence-corrected chi connectivity index (χ2v) is 6.56. The van der Waals surface area contributed by atoms with Gasteiger partial charge in [-0.25, -0.2) is 0 Å². The van der Waals surface area contributed by atoms with E-state index in [0.717, 1.165) is 16.9 Å². The number of amides is 2. The summed E-state index contributed by atoms with van der Waals surface area (Å²) in [5, 5.41) is 5.56. The second-order valence-electron chi connectivity index (χ2n) is 6.56. The summed E-state index contributed by atoms with van der Waals surface area (Å²) in [6, 6.07) is 25.8. The van der Waals surface area contributed by atoms with Crippen LogP contribution >= 0.6 is 0 Å². The predicted octanol–water partition coefficient (Wildman–Crippen LogP) is 3.10. The fraction of sp³-hybridized carbons (Fsp3) is 0.167. The van der Waals surface area contributed by atoms with Gasteiger partial charge < -0.3 is 20.1 Å². The van der Waals surface area contributed by atoms with Crippen LogP contribution in [-0.4, -0.2) is 32.1 Å². The van der Waals surface area contributed by atoms with Crippen LogP contribution in [0.5, 0.6) is 11.5 Å². The summed E-state index contributed by atoms with van der Waals surface area (Å²) in [5.41, 5.74) is 1.85. The molecule has 0 spiro atoms. The summed E-state index contributed by atoms with van der Waals surface area (Å²) < 4.78 is 10.6. The molecular formula is C24H24N2O4. The number of hydrogen-bond donors (Lipinski definition) is 2. The summed E-state index contributed by atoms with van der Waals surface area (Å²) in [7, 11) is 1.61. The zero-order chi connectivity index (χ0) is 21.2. The van der Waals surface area contributed by atoms with Crippen molar-refractivity contribution in [3.05, 3.63) is 96.1 Å². The molecule has 3 rings (SSSR count). The second kappa shape index (κ2) is 10.7. The Bertz CT molecular complexity index is 944. The smallest absolute Gasteiger partial charge is 0.258 e. The third-order valence-electron chi connectivity index (χ3n) is 4.45. The first-order valence-electron chi connectivity index (χ1n) is 9.58. The van der Waals surface area contributed by atoms with E-state index in [1.54, 1.807) is 19.2 Å². The molecule has 0 heterocycles. The molecule has 154 valence electrons. The Balaban J connectivity index is 1.58. The summed E-state index contributed by atoms with van der Waals surface area (Å²) in [6.07, 6.45) is 0. The van der Waals surface area contributed by atoms with E-state index in [2.05, 4.69) is 10.6 Å². The lowest BCUT2D eigenvalue weighted by Gasteiger charge is -2.20. The van der Waals surface area contributed by atoms with Gasteiger partial charge in [0.25, 0.3) is 5.91 Å². The molecule has 6 nitrogen and oxygen atoms in total. The normalized spacial score (nSPS) is 11.2. The van der Waals surface area contributed by atoms with Crippen molar-refractivity contribution >= 4 is 11.8 Å². The van der Waals surface area contributed by atoms with Gasteiger partial charge >= 0.3 is 0 Å². The first kappa shape index (κ1) is 20.9. The number of hydrogen-bond acceptors (Lipinski definition) is 4. The molecule has 0 aliphatic rings. The predicted molar refractivity (Wildman–Crippen MR) is 114 cm³/mol. The van der Waals surface area contributed by atoms with Gasteiger partial charge in [-0.1, -0.05) is 60.7 Å². The largest absolute Gasteiger partial charge is 0.497 e. The molecule has 0 aromatic heterocycles. The lowest BCUT2D eigenvalue weighted by Crippen LogP contribution is -2.40. The molecule has 3 aromatic carbocycles. The Hall–Kier alpha value is -3.80. The molecule has 0 radical (unpaired) electrons. The molecule has 2 amide bonds. The van der Waals surface area contributed by atoms with Gasteiger partial charge in [0.2, 0.25) is 5.91 Å². The lowest BCUT2D eigenvalue weighted by molar-refractivity contribution is -0.127. The minimum absolute atomic E-state index is 0.142. The Labute approximate surface area is 175 Å². The topological polar surface area (TPSA) is 76.7 Å². The summed E-state index contributed by atoms with van der Waals surface area (Å²) >= 11 is 0. The van der Waals surface area contributed by atoms with Crippen LogP contribution in [0.1, 0.15) is 17.2 Å². The highest BCUT2D eigenvalue weighted by Gasteiger charge is 2.17. The van der Waals surface area contributed by atoms with Crippen molar-refractivity contribution in [2.24, 2.45) is 0 Å². The van der Waals surface area contributed by atoms with Gasteiger partial charge in [-0.2, -0.15) is 0 Å². The molecule has 1 atom stereocenters. The molecule has 0 saturated carbocycles. The first-order valence-corrected chi connectivity index (χ1v) is 9.58. The van der Waals surface area contributed by atoms with Crippen LogP contribution in [0.15, 0.2) is 84.9 Å². The maximum atomic E-state index is 12.5. The van der Waals surface area contributed by atoms with Gasteiger partial charge in [0.15, 0.2) is 6.61 Å². The average molecular weight is 404 g/mol. The molecule has 0 bridgehead atoms. The van der Waals surface area contributed by atoms with Crippen molar-refractivity contribution in [1.82, 2.24) is 10.6 Å². The Morgan fingerprint density at radius 3 is 2.00 bits per heavy atom. The highest BCUT2D eigenvalue weighted by atomic mass is 16.5. The fourth-order valence-electron chi connectivity index (χ4n) is 2.91. The third kappa shape index (κ3) is 6.10. The average Bonchev–Trinajstić information content (AvgIpc) is 2.81. The van der Waals surface area contributed by atoms with E-state index in [1.165, 1.54) is 0 Å². The molecule has 0 aliphatic carbocycles. The minimum atomic E-state index is -0.366. The van der Waals surface area contributed by atoms with E-state index in [0.29, 0.717) is 5.75 Å². The van der Waals surface area contributed by atoms with E-state index in [4.69, 9.17) is 9.47 Å². The van der Waals surface area contributed by atoms with E-state index >= 15 is 0 Å². The molecule has 0 saturated heterocycles. The lowest BCUT2D eigenvalue weighted by atomic mass is 9.98. The van der Waals surface area contributed by atoms with Crippen LogP contribution in [0.25, 0.3) is 0 Å². The van der Waals surface area contributed by atoms with E-state index in [1.807, 2.05) is 72.8 Å². The minimum Gasteiger partial charge on any atom is -0.497 e. The summed E-state index contributed by atoms with van der Waals surface area (Å²) in [5.74, 6) is 0.672. The SMILES string of the molecule is COc1ccc(C(NC(=O)CNC(=O)COc2ccccc2)c2ccccc2)cc1. The molecule has 3 aromatic rings. The van der Waals surface area contributed by atoms with E-state index in [-0.39, 0.29) is 31.0 Å². The van der Waals surface area contributed by atoms with Gasteiger partial charge in [0.1, 0.15) is 11.5 Å². The maximum Gasteiger partial charge on any atom is 0.258 e. The van der Waals surface area contributed by atoms with Gasteiger partial charge in [0, 0.05) is 0 Å². The van der Waals surface area contributed by atoms with Crippen LogP contribution in [0.3, 0.4) is 0 Å². The summed E-state index contributed by atoms with van der Waals surface area (Å²) in [4.78, 5) is 24.5. The fourth-order valence-corrected chi connectivity index (χ4v) is 2.91. The van der Waals surface area contributed by atoms with Crippen molar-refractivity contribution in [3.8, 4) is 11.5 Å². The monoisotopic (exact) mass is 404 g/mol. The van der Waals surface area contributed by atoms with Gasteiger partial charge in [-0.3, -0.25) is 9.59 Å².